The minimum atomic E-state index is -0.851. The molecule has 1 aliphatic rings. The van der Waals surface area contributed by atoms with Crippen molar-refractivity contribution in [1.82, 2.24) is 4.98 Å². The average molecular weight is 282 g/mol. The van der Waals surface area contributed by atoms with Crippen LogP contribution < -0.4 is 4.90 Å². The third kappa shape index (κ3) is 3.26. The van der Waals surface area contributed by atoms with Crippen LogP contribution in [0.25, 0.3) is 0 Å². The van der Waals surface area contributed by atoms with Gasteiger partial charge >= 0.3 is 5.97 Å². The number of carboxylic acids is 1. The molecule has 2 heterocycles. The number of hydrogen-bond acceptors (Lipinski definition) is 4. The monoisotopic (exact) mass is 282 g/mol. The van der Waals surface area contributed by atoms with Crippen LogP contribution in [0.1, 0.15) is 55.4 Å². The highest BCUT2D eigenvalue weighted by Gasteiger charge is 2.26. The van der Waals surface area contributed by atoms with E-state index in [9.17, 15) is 9.90 Å². The summed E-state index contributed by atoms with van der Waals surface area (Å²) >= 11 is 1.32. The van der Waals surface area contributed by atoms with Gasteiger partial charge in [0.25, 0.3) is 0 Å². The lowest BCUT2D eigenvalue weighted by atomic mass is 9.85. The number of aryl methyl sites for hydroxylation is 1. The number of carboxylic acid groups (broad SMARTS) is 1. The molecule has 2 rings (SSSR count). The second kappa shape index (κ2) is 5.49. The number of anilines is 1. The zero-order valence-corrected chi connectivity index (χ0v) is 12.7. The largest absolute Gasteiger partial charge is 0.477 e. The Hall–Kier alpha value is -1.10. The van der Waals surface area contributed by atoms with Crippen LogP contribution in [0.2, 0.25) is 0 Å². The van der Waals surface area contributed by atoms with Crippen LogP contribution in [0.5, 0.6) is 0 Å². The number of nitrogens with zero attached hydrogens (tertiary/aromatic N) is 2. The maximum absolute atomic E-state index is 11.2. The first kappa shape index (κ1) is 14.3. The Balaban J connectivity index is 2.20. The summed E-state index contributed by atoms with van der Waals surface area (Å²) in [6.07, 6.45) is 4.19. The Morgan fingerprint density at radius 3 is 2.74 bits per heavy atom. The molecule has 0 saturated carbocycles. The van der Waals surface area contributed by atoms with E-state index < -0.39 is 5.97 Å². The van der Waals surface area contributed by atoms with E-state index in [0.29, 0.717) is 16.7 Å². The lowest BCUT2D eigenvalue weighted by molar-refractivity contribution is 0.0701. The fourth-order valence-corrected chi connectivity index (χ4v) is 3.54. The van der Waals surface area contributed by atoms with Crippen LogP contribution in [0.4, 0.5) is 5.13 Å². The standard InChI is InChI=1S/C14H22N2O2S/c1-4-10-11(12(17)18)19-13(15-10)16-8-5-6-14(2,3)7-9-16/h4-9H2,1-3H3,(H,17,18). The van der Waals surface area contributed by atoms with Crippen LogP contribution in [0.3, 0.4) is 0 Å². The number of thiazole rings is 1. The van der Waals surface area contributed by atoms with Gasteiger partial charge in [-0.1, -0.05) is 32.1 Å². The van der Waals surface area contributed by atoms with E-state index >= 15 is 0 Å². The van der Waals surface area contributed by atoms with E-state index in [1.54, 1.807) is 0 Å². The molecule has 1 aromatic heterocycles. The summed E-state index contributed by atoms with van der Waals surface area (Å²) in [5.41, 5.74) is 1.10. The third-order valence-corrected chi connectivity index (χ3v) is 4.97. The Morgan fingerprint density at radius 2 is 2.16 bits per heavy atom. The highest BCUT2D eigenvalue weighted by Crippen LogP contribution is 2.34. The molecule has 4 nitrogen and oxygen atoms in total. The molecule has 0 radical (unpaired) electrons. The average Bonchev–Trinajstić information content (AvgIpc) is 2.69. The van der Waals surface area contributed by atoms with Gasteiger partial charge in [-0.25, -0.2) is 9.78 Å². The molecule has 0 bridgehead atoms. The van der Waals surface area contributed by atoms with Crippen molar-refractivity contribution in [1.29, 1.82) is 0 Å². The van der Waals surface area contributed by atoms with Gasteiger partial charge in [0.05, 0.1) is 5.69 Å². The highest BCUT2D eigenvalue weighted by molar-refractivity contribution is 7.17. The molecule has 0 unspecified atom stereocenters. The Labute approximate surface area is 118 Å². The number of aromatic nitrogens is 1. The van der Waals surface area contributed by atoms with Crippen LogP contribution in [0, 0.1) is 5.41 Å². The molecule has 1 aliphatic heterocycles. The molecular formula is C14H22N2O2S. The predicted octanol–water partition coefficient (Wildman–Crippen LogP) is 3.42. The molecule has 1 saturated heterocycles. The third-order valence-electron chi connectivity index (χ3n) is 3.83. The number of rotatable bonds is 3. The van der Waals surface area contributed by atoms with Gasteiger partial charge in [-0.05, 0) is 31.1 Å². The van der Waals surface area contributed by atoms with Crippen LogP contribution in [0.15, 0.2) is 0 Å². The molecule has 1 fully saturated rings. The van der Waals surface area contributed by atoms with Crippen molar-refractivity contribution < 1.29 is 9.90 Å². The molecule has 5 heteroatoms. The van der Waals surface area contributed by atoms with E-state index in [1.165, 1.54) is 17.8 Å². The fourth-order valence-electron chi connectivity index (χ4n) is 2.50. The molecule has 0 aliphatic carbocycles. The normalized spacial score (nSPS) is 19.2. The van der Waals surface area contributed by atoms with Gasteiger partial charge in [0.15, 0.2) is 5.13 Å². The van der Waals surface area contributed by atoms with Crippen molar-refractivity contribution in [2.75, 3.05) is 18.0 Å². The SMILES string of the molecule is CCc1nc(N2CCCC(C)(C)CC2)sc1C(=O)O. The maximum atomic E-state index is 11.2. The lowest BCUT2D eigenvalue weighted by Crippen LogP contribution is -2.24. The van der Waals surface area contributed by atoms with Crippen LogP contribution >= 0.6 is 11.3 Å². The lowest BCUT2D eigenvalue weighted by Gasteiger charge is -2.22. The van der Waals surface area contributed by atoms with Crippen molar-refractivity contribution in [3.05, 3.63) is 10.6 Å². The Bertz CT molecular complexity index is 468. The van der Waals surface area contributed by atoms with Gasteiger partial charge in [0.2, 0.25) is 0 Å². The fraction of sp³-hybridized carbons (Fsp3) is 0.714. The second-order valence-corrected chi connectivity index (χ2v) is 6.91. The summed E-state index contributed by atoms with van der Waals surface area (Å²) < 4.78 is 0. The Morgan fingerprint density at radius 1 is 1.42 bits per heavy atom. The molecule has 1 N–H and O–H groups in total. The molecule has 0 atom stereocenters. The molecular weight excluding hydrogens is 260 g/mol. The van der Waals surface area contributed by atoms with Crippen molar-refractivity contribution in [2.24, 2.45) is 5.41 Å². The summed E-state index contributed by atoms with van der Waals surface area (Å²) in [4.78, 5) is 18.4. The van der Waals surface area contributed by atoms with Gasteiger partial charge in [0.1, 0.15) is 4.88 Å². The molecule has 0 amide bonds. The summed E-state index contributed by atoms with van der Waals surface area (Å²) in [5.74, 6) is -0.851. The summed E-state index contributed by atoms with van der Waals surface area (Å²) in [5, 5.41) is 10.1. The van der Waals surface area contributed by atoms with Crippen LogP contribution in [-0.4, -0.2) is 29.1 Å². The molecule has 1 aromatic rings. The summed E-state index contributed by atoms with van der Waals surface area (Å²) in [7, 11) is 0. The van der Waals surface area contributed by atoms with E-state index in [4.69, 9.17) is 0 Å². The molecule has 106 valence electrons. The maximum Gasteiger partial charge on any atom is 0.347 e. The minimum Gasteiger partial charge on any atom is -0.477 e. The molecule has 19 heavy (non-hydrogen) atoms. The zero-order valence-electron chi connectivity index (χ0n) is 11.9. The smallest absolute Gasteiger partial charge is 0.347 e. The van der Waals surface area contributed by atoms with Gasteiger partial charge in [-0.3, -0.25) is 0 Å². The Kier molecular flexibility index (Phi) is 4.13. The van der Waals surface area contributed by atoms with Gasteiger partial charge in [-0.2, -0.15) is 0 Å². The summed E-state index contributed by atoms with van der Waals surface area (Å²) in [6, 6.07) is 0. The first-order valence-corrected chi connectivity index (χ1v) is 7.72. The molecule has 0 spiro atoms. The number of hydrogen-bond donors (Lipinski definition) is 1. The van der Waals surface area contributed by atoms with E-state index in [-0.39, 0.29) is 0 Å². The van der Waals surface area contributed by atoms with Crippen molar-refractivity contribution >= 4 is 22.4 Å². The van der Waals surface area contributed by atoms with Crippen LogP contribution in [-0.2, 0) is 6.42 Å². The molecule has 0 aromatic carbocycles. The first-order chi connectivity index (χ1) is 8.93. The predicted molar refractivity (Wildman–Crippen MR) is 78.3 cm³/mol. The first-order valence-electron chi connectivity index (χ1n) is 6.91. The van der Waals surface area contributed by atoms with Crippen molar-refractivity contribution in [2.45, 2.75) is 46.5 Å². The van der Waals surface area contributed by atoms with Crippen molar-refractivity contribution in [3.8, 4) is 0 Å². The second-order valence-electron chi connectivity index (χ2n) is 5.94. The number of carbonyl (C=O) groups is 1. The summed E-state index contributed by atoms with van der Waals surface area (Å²) in [6.45, 7) is 8.52. The van der Waals surface area contributed by atoms with Gasteiger partial charge in [0, 0.05) is 13.1 Å². The van der Waals surface area contributed by atoms with E-state index in [0.717, 1.165) is 36.8 Å². The highest BCUT2D eigenvalue weighted by atomic mass is 32.1. The number of aromatic carboxylic acids is 1. The minimum absolute atomic E-state index is 0.384. The zero-order chi connectivity index (χ0) is 14.0. The topological polar surface area (TPSA) is 53.4 Å². The van der Waals surface area contributed by atoms with Gasteiger partial charge in [-0.15, -0.1) is 0 Å². The van der Waals surface area contributed by atoms with E-state index in [2.05, 4.69) is 23.7 Å². The van der Waals surface area contributed by atoms with Crippen molar-refractivity contribution in [3.63, 3.8) is 0 Å². The van der Waals surface area contributed by atoms with Gasteiger partial charge < -0.3 is 10.0 Å². The van der Waals surface area contributed by atoms with E-state index in [1.807, 2.05) is 6.92 Å². The quantitative estimate of drug-likeness (QED) is 0.923.